The van der Waals surface area contributed by atoms with Crippen LogP contribution in [0.25, 0.3) is 0 Å². The minimum Gasteiger partial charge on any atom is -0.307 e. The second-order valence-corrected chi connectivity index (χ2v) is 6.08. The number of rotatable bonds is 5. The second kappa shape index (κ2) is 6.63. The van der Waals surface area contributed by atoms with Crippen LogP contribution in [0.1, 0.15) is 23.9 Å². The monoisotopic (exact) mass is 386 g/mol. The molecule has 0 saturated carbocycles. The number of pyridine rings is 1. The largest absolute Gasteiger partial charge is 0.307 e. The van der Waals surface area contributed by atoms with Crippen molar-refractivity contribution in [2.45, 2.75) is 26.4 Å². The summed E-state index contributed by atoms with van der Waals surface area (Å²) in [4.78, 5) is 4.38. The highest BCUT2D eigenvalue weighted by atomic mass is 79.9. The Balaban J connectivity index is 1.96. The van der Waals surface area contributed by atoms with Gasteiger partial charge in [-0.15, -0.1) is 0 Å². The molecule has 6 heteroatoms. The zero-order chi connectivity index (χ0) is 13.8. The molecule has 0 aliphatic rings. The second-order valence-electron chi connectivity index (χ2n) is 4.31. The number of nitrogens with zero attached hydrogens (tertiary/aromatic N) is 3. The number of aryl methyl sites for hydroxylation is 2. The first kappa shape index (κ1) is 14.7. The number of nitrogens with one attached hydrogen (secondary N) is 1. The lowest BCUT2D eigenvalue weighted by Crippen LogP contribution is -2.14. The Kier molecular flexibility index (Phi) is 5.13. The number of halogens is 2. The van der Waals surface area contributed by atoms with E-state index >= 15 is 0 Å². The average molecular weight is 388 g/mol. The molecule has 102 valence electrons. The summed E-state index contributed by atoms with van der Waals surface area (Å²) in [6.45, 7) is 3.66. The molecule has 0 aromatic carbocycles. The normalized spacial score (nSPS) is 10.9. The van der Waals surface area contributed by atoms with Gasteiger partial charge in [0.15, 0.2) is 0 Å². The molecule has 2 aromatic heterocycles. The van der Waals surface area contributed by atoms with Gasteiger partial charge in [-0.3, -0.25) is 9.67 Å². The Labute approximate surface area is 129 Å². The first-order valence-corrected chi connectivity index (χ1v) is 7.70. The van der Waals surface area contributed by atoms with E-state index < -0.39 is 0 Å². The molecule has 4 nitrogen and oxygen atoms in total. The predicted octanol–water partition coefficient (Wildman–Crippen LogP) is 3.19. The van der Waals surface area contributed by atoms with E-state index in [0.717, 1.165) is 39.8 Å². The van der Waals surface area contributed by atoms with Gasteiger partial charge in [0, 0.05) is 47.0 Å². The van der Waals surface area contributed by atoms with Gasteiger partial charge in [-0.2, -0.15) is 5.10 Å². The van der Waals surface area contributed by atoms with Crippen LogP contribution in [0.4, 0.5) is 0 Å². The number of aromatic nitrogens is 3. The van der Waals surface area contributed by atoms with E-state index in [2.05, 4.69) is 60.4 Å². The van der Waals surface area contributed by atoms with Crippen LogP contribution in [0.15, 0.2) is 27.4 Å². The lowest BCUT2D eigenvalue weighted by Gasteiger charge is -2.06. The molecule has 0 bridgehead atoms. The summed E-state index contributed by atoms with van der Waals surface area (Å²) in [6, 6.07) is 2.01. The molecule has 0 atom stereocenters. The summed E-state index contributed by atoms with van der Waals surface area (Å²) >= 11 is 6.92. The summed E-state index contributed by atoms with van der Waals surface area (Å²) < 4.78 is 3.85. The molecule has 0 saturated heterocycles. The molecule has 2 rings (SSSR count). The summed E-state index contributed by atoms with van der Waals surface area (Å²) in [6.07, 6.45) is 4.83. The zero-order valence-electron chi connectivity index (χ0n) is 11.0. The van der Waals surface area contributed by atoms with Gasteiger partial charge in [0.05, 0.1) is 11.4 Å². The molecule has 0 aliphatic heterocycles. The van der Waals surface area contributed by atoms with Gasteiger partial charge < -0.3 is 5.32 Å². The van der Waals surface area contributed by atoms with Crippen molar-refractivity contribution in [1.29, 1.82) is 0 Å². The van der Waals surface area contributed by atoms with Crippen LogP contribution in [0.3, 0.4) is 0 Å². The Hall–Kier alpha value is -0.720. The zero-order valence-corrected chi connectivity index (χ0v) is 14.1. The number of hydrogen-bond donors (Lipinski definition) is 1. The molecule has 0 amide bonds. The van der Waals surface area contributed by atoms with Crippen LogP contribution in [0.2, 0.25) is 0 Å². The van der Waals surface area contributed by atoms with Crippen molar-refractivity contribution in [3.8, 4) is 0 Å². The molecule has 0 aliphatic carbocycles. The molecular weight excluding hydrogens is 372 g/mol. The first-order chi connectivity index (χ1) is 9.10. The summed E-state index contributed by atoms with van der Waals surface area (Å²) in [5.74, 6) is 0. The van der Waals surface area contributed by atoms with Crippen molar-refractivity contribution >= 4 is 31.9 Å². The molecule has 19 heavy (non-hydrogen) atoms. The van der Waals surface area contributed by atoms with Crippen molar-refractivity contribution in [3.63, 3.8) is 0 Å². The fourth-order valence-corrected chi connectivity index (χ4v) is 3.05. The SMILES string of the molecule is CCc1nn(C)cc1CNCc1ncc(Br)cc1Br. The summed E-state index contributed by atoms with van der Waals surface area (Å²) in [5.41, 5.74) is 3.40. The molecule has 2 aromatic rings. The van der Waals surface area contributed by atoms with Gasteiger partial charge in [0.25, 0.3) is 0 Å². The highest BCUT2D eigenvalue weighted by molar-refractivity contribution is 9.11. The smallest absolute Gasteiger partial charge is 0.0684 e. The topological polar surface area (TPSA) is 42.7 Å². The van der Waals surface area contributed by atoms with E-state index in [-0.39, 0.29) is 0 Å². The fraction of sp³-hybridized carbons (Fsp3) is 0.385. The lowest BCUT2D eigenvalue weighted by molar-refractivity contribution is 0.672. The van der Waals surface area contributed by atoms with Crippen molar-refractivity contribution in [3.05, 3.63) is 44.4 Å². The van der Waals surface area contributed by atoms with Crippen LogP contribution >= 0.6 is 31.9 Å². The summed E-state index contributed by atoms with van der Waals surface area (Å²) in [7, 11) is 1.95. The Morgan fingerprint density at radius 2 is 2.05 bits per heavy atom. The number of hydrogen-bond acceptors (Lipinski definition) is 3. The van der Waals surface area contributed by atoms with Crippen molar-refractivity contribution in [2.75, 3.05) is 0 Å². The highest BCUT2D eigenvalue weighted by Crippen LogP contribution is 2.19. The lowest BCUT2D eigenvalue weighted by atomic mass is 10.2. The quantitative estimate of drug-likeness (QED) is 0.856. The maximum Gasteiger partial charge on any atom is 0.0684 e. The van der Waals surface area contributed by atoms with Crippen LogP contribution < -0.4 is 5.32 Å². The van der Waals surface area contributed by atoms with Crippen molar-refractivity contribution < 1.29 is 0 Å². The Morgan fingerprint density at radius 1 is 1.26 bits per heavy atom. The van der Waals surface area contributed by atoms with E-state index in [9.17, 15) is 0 Å². The van der Waals surface area contributed by atoms with Gasteiger partial charge in [0.1, 0.15) is 0 Å². The van der Waals surface area contributed by atoms with Gasteiger partial charge in [-0.1, -0.05) is 6.92 Å². The molecule has 2 heterocycles. The summed E-state index contributed by atoms with van der Waals surface area (Å²) in [5, 5.41) is 7.83. The molecule has 0 spiro atoms. The maximum absolute atomic E-state index is 4.43. The van der Waals surface area contributed by atoms with Gasteiger partial charge in [-0.25, -0.2) is 0 Å². The predicted molar refractivity (Wildman–Crippen MR) is 82.8 cm³/mol. The minimum atomic E-state index is 0.728. The van der Waals surface area contributed by atoms with Gasteiger partial charge in [0.2, 0.25) is 0 Å². The van der Waals surface area contributed by atoms with E-state index in [4.69, 9.17) is 0 Å². The van der Waals surface area contributed by atoms with Crippen LogP contribution in [0.5, 0.6) is 0 Å². The van der Waals surface area contributed by atoms with E-state index in [1.54, 1.807) is 0 Å². The van der Waals surface area contributed by atoms with Crippen LogP contribution in [-0.2, 0) is 26.6 Å². The third-order valence-corrected chi connectivity index (χ3v) is 3.94. The molecule has 0 unspecified atom stereocenters. The minimum absolute atomic E-state index is 0.728. The Bertz CT molecular complexity index is 566. The molecular formula is C13H16Br2N4. The maximum atomic E-state index is 4.43. The molecule has 1 N–H and O–H groups in total. The van der Waals surface area contributed by atoms with E-state index in [0.29, 0.717) is 0 Å². The van der Waals surface area contributed by atoms with E-state index in [1.807, 2.05) is 24.0 Å². The first-order valence-electron chi connectivity index (χ1n) is 6.12. The third kappa shape index (κ3) is 3.87. The average Bonchev–Trinajstić information content (AvgIpc) is 2.72. The van der Waals surface area contributed by atoms with Crippen LogP contribution in [0, 0.1) is 0 Å². The van der Waals surface area contributed by atoms with Gasteiger partial charge in [-0.05, 0) is 44.3 Å². The highest BCUT2D eigenvalue weighted by Gasteiger charge is 2.06. The Morgan fingerprint density at radius 3 is 2.74 bits per heavy atom. The van der Waals surface area contributed by atoms with E-state index in [1.165, 1.54) is 5.56 Å². The van der Waals surface area contributed by atoms with Crippen molar-refractivity contribution in [2.24, 2.45) is 7.05 Å². The molecule has 0 radical (unpaired) electrons. The van der Waals surface area contributed by atoms with Crippen LogP contribution in [-0.4, -0.2) is 14.8 Å². The van der Waals surface area contributed by atoms with Gasteiger partial charge >= 0.3 is 0 Å². The van der Waals surface area contributed by atoms with Crippen molar-refractivity contribution in [1.82, 2.24) is 20.1 Å². The third-order valence-electron chi connectivity index (χ3n) is 2.82. The fourth-order valence-electron chi connectivity index (χ4n) is 1.92. The molecule has 0 fully saturated rings. The standard InChI is InChI=1S/C13H16Br2N4/c1-3-12-9(8-19(2)18-12)5-16-7-13-11(15)4-10(14)6-17-13/h4,6,8,16H,3,5,7H2,1-2H3.